The van der Waals surface area contributed by atoms with Gasteiger partial charge in [0, 0.05) is 17.5 Å². The van der Waals surface area contributed by atoms with Gasteiger partial charge in [0.15, 0.2) is 11.5 Å². The number of hydrogen-bond donors (Lipinski definition) is 1. The molecule has 0 bridgehead atoms. The lowest BCUT2D eigenvalue weighted by molar-refractivity contribution is 0.133. The van der Waals surface area contributed by atoms with E-state index in [4.69, 9.17) is 9.47 Å². The van der Waals surface area contributed by atoms with E-state index in [9.17, 15) is 0 Å². The lowest BCUT2D eigenvalue weighted by Crippen LogP contribution is -2.24. The third-order valence-electron chi connectivity index (χ3n) is 3.34. The minimum atomic E-state index is -0.0987. The fourth-order valence-corrected chi connectivity index (χ4v) is 2.56. The average molecular weight is 219 g/mol. The molecule has 16 heavy (non-hydrogen) atoms. The molecule has 0 aromatic heterocycles. The van der Waals surface area contributed by atoms with Gasteiger partial charge in [0.2, 0.25) is 0 Å². The first-order valence-corrected chi connectivity index (χ1v) is 5.75. The van der Waals surface area contributed by atoms with Crippen LogP contribution in [0.1, 0.15) is 31.0 Å². The van der Waals surface area contributed by atoms with Gasteiger partial charge in [0.1, 0.15) is 12.2 Å². The number of likely N-dealkylation sites (N-methyl/N-ethyl adjacent to an activating group) is 1. The molecule has 0 saturated carbocycles. The molecule has 3 heteroatoms. The fraction of sp³-hybridized carbons (Fsp3) is 0.538. The Morgan fingerprint density at radius 2 is 2.12 bits per heavy atom. The van der Waals surface area contributed by atoms with Gasteiger partial charge in [-0.05, 0) is 20.9 Å². The van der Waals surface area contributed by atoms with E-state index in [1.807, 2.05) is 7.05 Å². The van der Waals surface area contributed by atoms with Crippen LogP contribution in [0.25, 0.3) is 0 Å². The number of rotatable bonds is 1. The predicted molar refractivity (Wildman–Crippen MR) is 62.1 cm³/mol. The molecular formula is C13H17NO2. The Balaban J connectivity index is 2.08. The van der Waals surface area contributed by atoms with Gasteiger partial charge < -0.3 is 14.8 Å². The topological polar surface area (TPSA) is 30.5 Å². The second kappa shape index (κ2) is 3.14. The molecule has 3 nitrogen and oxygen atoms in total. The number of benzene rings is 1. The van der Waals surface area contributed by atoms with Gasteiger partial charge in [-0.2, -0.15) is 0 Å². The predicted octanol–water partition coefficient (Wildman–Crippen LogP) is 2.05. The minimum Gasteiger partial charge on any atom is -0.487 e. The first kappa shape index (κ1) is 9.97. The summed E-state index contributed by atoms with van der Waals surface area (Å²) < 4.78 is 11.7. The van der Waals surface area contributed by atoms with Crippen LogP contribution >= 0.6 is 0 Å². The molecule has 1 atom stereocenters. The highest BCUT2D eigenvalue weighted by atomic mass is 16.5. The molecule has 2 aliphatic rings. The van der Waals surface area contributed by atoms with E-state index in [0.29, 0.717) is 12.6 Å². The van der Waals surface area contributed by atoms with Crippen LogP contribution in [-0.2, 0) is 6.42 Å². The van der Waals surface area contributed by atoms with Crippen LogP contribution in [0.2, 0.25) is 0 Å². The average Bonchev–Trinajstić information content (AvgIpc) is 2.75. The molecule has 0 spiro atoms. The molecule has 1 aromatic carbocycles. The quantitative estimate of drug-likeness (QED) is 0.784. The van der Waals surface area contributed by atoms with Crippen molar-refractivity contribution in [2.75, 3.05) is 13.7 Å². The Labute approximate surface area is 95.8 Å². The number of fused-ring (bicyclic) bond motifs is 3. The van der Waals surface area contributed by atoms with Crippen molar-refractivity contribution < 1.29 is 9.47 Å². The smallest absolute Gasteiger partial charge is 0.166 e. The standard InChI is InChI=1S/C13H17NO2/c1-13(2)6-8-4-5-9-10(14-3)7-15-12(9)11(8)16-13/h4-5,10,14H,6-7H2,1-3H3. The van der Waals surface area contributed by atoms with Crippen molar-refractivity contribution in [2.45, 2.75) is 31.9 Å². The van der Waals surface area contributed by atoms with Gasteiger partial charge in [-0.3, -0.25) is 0 Å². The summed E-state index contributed by atoms with van der Waals surface area (Å²) in [7, 11) is 1.96. The van der Waals surface area contributed by atoms with Crippen LogP contribution in [-0.4, -0.2) is 19.3 Å². The monoisotopic (exact) mass is 219 g/mol. The molecule has 1 N–H and O–H groups in total. The van der Waals surface area contributed by atoms with Crippen molar-refractivity contribution in [2.24, 2.45) is 0 Å². The summed E-state index contributed by atoms with van der Waals surface area (Å²) in [4.78, 5) is 0. The molecule has 2 heterocycles. The Morgan fingerprint density at radius 1 is 1.31 bits per heavy atom. The lowest BCUT2D eigenvalue weighted by atomic mass is 9.99. The van der Waals surface area contributed by atoms with Crippen LogP contribution in [0.3, 0.4) is 0 Å². The van der Waals surface area contributed by atoms with E-state index in [1.165, 1.54) is 11.1 Å². The van der Waals surface area contributed by atoms with E-state index < -0.39 is 0 Å². The maximum atomic E-state index is 5.98. The summed E-state index contributed by atoms with van der Waals surface area (Å²) >= 11 is 0. The lowest BCUT2D eigenvalue weighted by Gasteiger charge is -2.17. The molecule has 3 rings (SSSR count). The summed E-state index contributed by atoms with van der Waals surface area (Å²) in [5, 5.41) is 3.25. The summed E-state index contributed by atoms with van der Waals surface area (Å²) in [6, 6.07) is 4.63. The second-order valence-electron chi connectivity index (χ2n) is 5.16. The number of nitrogens with one attached hydrogen (secondary N) is 1. The summed E-state index contributed by atoms with van der Waals surface area (Å²) in [5.41, 5.74) is 2.39. The Bertz CT molecular complexity index is 440. The fourth-order valence-electron chi connectivity index (χ4n) is 2.56. The molecule has 0 radical (unpaired) electrons. The molecule has 2 aliphatic heterocycles. The molecule has 86 valence electrons. The van der Waals surface area contributed by atoms with Crippen LogP contribution in [0, 0.1) is 0 Å². The van der Waals surface area contributed by atoms with E-state index in [0.717, 1.165) is 17.9 Å². The van der Waals surface area contributed by atoms with Gasteiger partial charge in [-0.15, -0.1) is 0 Å². The maximum absolute atomic E-state index is 5.98. The first-order valence-electron chi connectivity index (χ1n) is 5.75. The van der Waals surface area contributed by atoms with E-state index >= 15 is 0 Å². The summed E-state index contributed by atoms with van der Waals surface area (Å²) in [5.74, 6) is 1.91. The van der Waals surface area contributed by atoms with Crippen molar-refractivity contribution in [3.8, 4) is 11.5 Å². The summed E-state index contributed by atoms with van der Waals surface area (Å²) in [6.07, 6.45) is 0.962. The molecule has 1 unspecified atom stereocenters. The zero-order chi connectivity index (χ0) is 11.3. The van der Waals surface area contributed by atoms with Crippen LogP contribution in [0.5, 0.6) is 11.5 Å². The minimum absolute atomic E-state index is 0.0987. The molecule has 0 fully saturated rings. The Hall–Kier alpha value is -1.22. The van der Waals surface area contributed by atoms with Gasteiger partial charge in [0.05, 0.1) is 6.04 Å². The van der Waals surface area contributed by atoms with Crippen LogP contribution in [0.15, 0.2) is 12.1 Å². The van der Waals surface area contributed by atoms with E-state index in [2.05, 4.69) is 31.3 Å². The van der Waals surface area contributed by atoms with Gasteiger partial charge in [0.25, 0.3) is 0 Å². The van der Waals surface area contributed by atoms with E-state index in [1.54, 1.807) is 0 Å². The molecule has 0 aliphatic carbocycles. The van der Waals surface area contributed by atoms with Crippen molar-refractivity contribution in [1.29, 1.82) is 0 Å². The van der Waals surface area contributed by atoms with Gasteiger partial charge in [-0.25, -0.2) is 0 Å². The highest BCUT2D eigenvalue weighted by Gasteiger charge is 2.36. The largest absolute Gasteiger partial charge is 0.487 e. The van der Waals surface area contributed by atoms with Crippen LogP contribution in [0.4, 0.5) is 0 Å². The first-order chi connectivity index (χ1) is 7.61. The summed E-state index contributed by atoms with van der Waals surface area (Å²) in [6.45, 7) is 4.93. The molecule has 0 saturated heterocycles. The van der Waals surface area contributed by atoms with Gasteiger partial charge in [-0.1, -0.05) is 12.1 Å². The molecular weight excluding hydrogens is 202 g/mol. The zero-order valence-electron chi connectivity index (χ0n) is 9.96. The van der Waals surface area contributed by atoms with E-state index in [-0.39, 0.29) is 5.60 Å². The number of ether oxygens (including phenoxy) is 2. The zero-order valence-corrected chi connectivity index (χ0v) is 9.96. The maximum Gasteiger partial charge on any atom is 0.166 e. The number of hydrogen-bond acceptors (Lipinski definition) is 3. The Morgan fingerprint density at radius 3 is 2.88 bits per heavy atom. The van der Waals surface area contributed by atoms with Crippen molar-refractivity contribution in [1.82, 2.24) is 5.32 Å². The van der Waals surface area contributed by atoms with Crippen LogP contribution < -0.4 is 14.8 Å². The van der Waals surface area contributed by atoms with Crippen molar-refractivity contribution in [3.05, 3.63) is 23.3 Å². The SMILES string of the molecule is CNC1COc2c1ccc1c2OC(C)(C)C1. The normalized spacial score (nSPS) is 24.6. The van der Waals surface area contributed by atoms with Gasteiger partial charge >= 0.3 is 0 Å². The molecule has 1 aromatic rings. The Kier molecular flexibility index (Phi) is 1.96. The third-order valence-corrected chi connectivity index (χ3v) is 3.34. The second-order valence-corrected chi connectivity index (χ2v) is 5.16. The third kappa shape index (κ3) is 1.31. The van der Waals surface area contributed by atoms with Crippen molar-refractivity contribution in [3.63, 3.8) is 0 Å². The van der Waals surface area contributed by atoms with Crippen molar-refractivity contribution >= 4 is 0 Å². The highest BCUT2D eigenvalue weighted by molar-refractivity contribution is 5.57. The molecule has 0 amide bonds. The highest BCUT2D eigenvalue weighted by Crippen LogP contribution is 2.48.